The van der Waals surface area contributed by atoms with Crippen molar-refractivity contribution in [2.24, 2.45) is 0 Å². The van der Waals surface area contributed by atoms with E-state index in [1.807, 2.05) is 12.1 Å². The van der Waals surface area contributed by atoms with Crippen molar-refractivity contribution >= 4 is 5.69 Å². The second kappa shape index (κ2) is 11.7. The van der Waals surface area contributed by atoms with Crippen molar-refractivity contribution in [2.75, 3.05) is 57.4 Å². The standard InChI is InChI=1S/C29H43FN2O3/c1-28(2,3)22-7-12-27(26(19-22)29(4,5)6)35-18-17-34-21-25(33)20-31-13-15-32(16-14-31)24-10-8-23(30)9-11-24/h7-12,19,25,33H,13-18,20-21H2,1-6H3/t25-/m1/s1. The molecule has 0 aliphatic carbocycles. The maximum atomic E-state index is 13.1. The molecule has 0 saturated carbocycles. The first-order valence-electron chi connectivity index (χ1n) is 12.7. The fourth-order valence-electron chi connectivity index (χ4n) is 4.33. The normalized spacial score (nSPS) is 16.4. The molecule has 0 unspecified atom stereocenters. The van der Waals surface area contributed by atoms with Crippen molar-refractivity contribution in [1.29, 1.82) is 0 Å². The molecule has 5 nitrogen and oxygen atoms in total. The van der Waals surface area contributed by atoms with E-state index < -0.39 is 6.10 Å². The number of hydrogen-bond acceptors (Lipinski definition) is 5. The van der Waals surface area contributed by atoms with Gasteiger partial charge in [0, 0.05) is 38.4 Å². The monoisotopic (exact) mass is 486 g/mol. The average molecular weight is 487 g/mol. The summed E-state index contributed by atoms with van der Waals surface area (Å²) < 4.78 is 24.9. The van der Waals surface area contributed by atoms with E-state index >= 15 is 0 Å². The molecule has 6 heteroatoms. The molecule has 0 radical (unpaired) electrons. The van der Waals surface area contributed by atoms with Gasteiger partial charge in [-0.25, -0.2) is 4.39 Å². The molecule has 35 heavy (non-hydrogen) atoms. The van der Waals surface area contributed by atoms with Gasteiger partial charge in [-0.2, -0.15) is 0 Å². The maximum absolute atomic E-state index is 13.1. The molecule has 1 saturated heterocycles. The molecule has 1 atom stereocenters. The highest BCUT2D eigenvalue weighted by Crippen LogP contribution is 2.35. The van der Waals surface area contributed by atoms with Gasteiger partial charge in [-0.05, 0) is 52.3 Å². The minimum absolute atomic E-state index is 0.0195. The van der Waals surface area contributed by atoms with Gasteiger partial charge in [0.2, 0.25) is 0 Å². The second-order valence-electron chi connectivity index (χ2n) is 11.6. The fourth-order valence-corrected chi connectivity index (χ4v) is 4.33. The third kappa shape index (κ3) is 8.19. The van der Waals surface area contributed by atoms with Crippen molar-refractivity contribution in [2.45, 2.75) is 58.5 Å². The van der Waals surface area contributed by atoms with E-state index in [1.54, 1.807) is 0 Å². The summed E-state index contributed by atoms with van der Waals surface area (Å²) >= 11 is 0. The molecule has 194 valence electrons. The Balaban J connectivity index is 1.38. The summed E-state index contributed by atoms with van der Waals surface area (Å²) in [5, 5.41) is 10.4. The zero-order chi connectivity index (χ0) is 25.6. The van der Waals surface area contributed by atoms with Crippen LogP contribution in [-0.2, 0) is 15.6 Å². The smallest absolute Gasteiger partial charge is 0.123 e. The summed E-state index contributed by atoms with van der Waals surface area (Å²) in [7, 11) is 0. The van der Waals surface area contributed by atoms with Crippen molar-refractivity contribution in [1.82, 2.24) is 4.90 Å². The number of β-amino-alcohol motifs (C(OH)–C–C–N with tert-alkyl or cyclic N) is 1. The number of rotatable bonds is 9. The predicted molar refractivity (Wildman–Crippen MR) is 141 cm³/mol. The predicted octanol–water partition coefficient (Wildman–Crippen LogP) is 5.00. The van der Waals surface area contributed by atoms with Crippen molar-refractivity contribution < 1.29 is 19.0 Å². The first kappa shape index (κ1) is 27.4. The van der Waals surface area contributed by atoms with Crippen molar-refractivity contribution in [3.05, 3.63) is 59.4 Å². The average Bonchev–Trinajstić information content (AvgIpc) is 2.78. The van der Waals surface area contributed by atoms with Crippen LogP contribution >= 0.6 is 0 Å². The molecule has 1 heterocycles. The summed E-state index contributed by atoms with van der Waals surface area (Å²) in [4.78, 5) is 4.49. The molecule has 0 bridgehead atoms. The summed E-state index contributed by atoms with van der Waals surface area (Å²) in [6.45, 7) is 18.5. The van der Waals surface area contributed by atoms with E-state index in [1.165, 1.54) is 23.3 Å². The molecule has 3 rings (SSSR count). The van der Waals surface area contributed by atoms with Gasteiger partial charge >= 0.3 is 0 Å². The number of aliphatic hydroxyl groups is 1. The van der Waals surface area contributed by atoms with Gasteiger partial charge < -0.3 is 19.5 Å². The van der Waals surface area contributed by atoms with E-state index in [0.29, 0.717) is 19.8 Å². The molecule has 1 N–H and O–H groups in total. The quantitative estimate of drug-likeness (QED) is 0.506. The van der Waals surface area contributed by atoms with E-state index in [0.717, 1.165) is 37.6 Å². The Morgan fingerprint density at radius 1 is 0.886 bits per heavy atom. The van der Waals surface area contributed by atoms with Gasteiger partial charge in [0.1, 0.15) is 18.2 Å². The summed E-state index contributed by atoms with van der Waals surface area (Å²) in [5.74, 6) is 0.683. The summed E-state index contributed by atoms with van der Waals surface area (Å²) in [5.41, 5.74) is 3.61. The highest BCUT2D eigenvalue weighted by Gasteiger charge is 2.23. The lowest BCUT2D eigenvalue weighted by Crippen LogP contribution is -2.49. The Morgan fingerprint density at radius 2 is 1.54 bits per heavy atom. The van der Waals surface area contributed by atoms with Gasteiger partial charge in [0.05, 0.1) is 19.3 Å². The number of anilines is 1. The van der Waals surface area contributed by atoms with Crippen LogP contribution in [0.5, 0.6) is 5.75 Å². The molecule has 1 fully saturated rings. The summed E-state index contributed by atoms with van der Waals surface area (Å²) in [6, 6.07) is 13.1. The van der Waals surface area contributed by atoms with E-state index in [4.69, 9.17) is 9.47 Å². The van der Waals surface area contributed by atoms with Crippen molar-refractivity contribution in [3.63, 3.8) is 0 Å². The first-order valence-corrected chi connectivity index (χ1v) is 12.7. The van der Waals surface area contributed by atoms with Crippen LogP contribution in [0.3, 0.4) is 0 Å². The van der Waals surface area contributed by atoms with Gasteiger partial charge in [-0.15, -0.1) is 0 Å². The summed E-state index contributed by atoms with van der Waals surface area (Å²) in [6.07, 6.45) is -0.538. The largest absolute Gasteiger partial charge is 0.491 e. The van der Waals surface area contributed by atoms with Crippen LogP contribution in [0.4, 0.5) is 10.1 Å². The third-order valence-corrected chi connectivity index (χ3v) is 6.48. The molecule has 2 aromatic carbocycles. The van der Waals surface area contributed by atoms with E-state index in [2.05, 4.69) is 69.5 Å². The Bertz CT molecular complexity index is 926. The Labute approximate surface area is 210 Å². The van der Waals surface area contributed by atoms with Gasteiger partial charge in [-0.1, -0.05) is 53.7 Å². The van der Waals surface area contributed by atoms with Gasteiger partial charge in [0.25, 0.3) is 0 Å². The first-order chi connectivity index (χ1) is 16.4. The minimum atomic E-state index is -0.538. The fraction of sp³-hybridized carbons (Fsp3) is 0.586. The molecular weight excluding hydrogens is 443 g/mol. The second-order valence-corrected chi connectivity index (χ2v) is 11.6. The molecule has 1 aliphatic rings. The van der Waals surface area contributed by atoms with Crippen LogP contribution in [-0.4, -0.2) is 68.7 Å². The third-order valence-electron chi connectivity index (χ3n) is 6.48. The van der Waals surface area contributed by atoms with E-state index in [9.17, 15) is 9.50 Å². The Hall–Kier alpha value is -2.15. The van der Waals surface area contributed by atoms with Gasteiger partial charge in [-0.3, -0.25) is 4.90 Å². The molecule has 0 amide bonds. The Morgan fingerprint density at radius 3 is 2.14 bits per heavy atom. The number of aliphatic hydroxyl groups excluding tert-OH is 1. The highest BCUT2D eigenvalue weighted by atomic mass is 19.1. The number of nitrogens with zero attached hydrogens (tertiary/aromatic N) is 2. The minimum Gasteiger partial charge on any atom is -0.491 e. The van der Waals surface area contributed by atoms with Crippen LogP contribution < -0.4 is 9.64 Å². The van der Waals surface area contributed by atoms with E-state index in [-0.39, 0.29) is 23.3 Å². The molecule has 0 spiro atoms. The van der Waals surface area contributed by atoms with Crippen LogP contribution in [0.15, 0.2) is 42.5 Å². The number of piperazine rings is 1. The molecule has 2 aromatic rings. The number of hydrogen-bond donors (Lipinski definition) is 1. The number of halogens is 1. The van der Waals surface area contributed by atoms with Crippen LogP contribution in [0.2, 0.25) is 0 Å². The number of ether oxygens (including phenoxy) is 2. The van der Waals surface area contributed by atoms with Gasteiger partial charge in [0.15, 0.2) is 0 Å². The van der Waals surface area contributed by atoms with Crippen LogP contribution in [0.1, 0.15) is 52.7 Å². The zero-order valence-corrected chi connectivity index (χ0v) is 22.3. The SMILES string of the molecule is CC(C)(C)c1ccc(OCCOC[C@H](O)CN2CCN(c3ccc(F)cc3)CC2)c(C(C)(C)C)c1. The number of benzene rings is 2. The van der Waals surface area contributed by atoms with Crippen LogP contribution in [0.25, 0.3) is 0 Å². The lowest BCUT2D eigenvalue weighted by atomic mass is 9.80. The molecule has 0 aromatic heterocycles. The molecular formula is C29H43FN2O3. The lowest BCUT2D eigenvalue weighted by molar-refractivity contribution is 0.00704. The van der Waals surface area contributed by atoms with Crippen molar-refractivity contribution in [3.8, 4) is 5.75 Å². The lowest BCUT2D eigenvalue weighted by Gasteiger charge is -2.36. The highest BCUT2D eigenvalue weighted by molar-refractivity contribution is 5.46. The topological polar surface area (TPSA) is 45.2 Å². The Kier molecular flexibility index (Phi) is 9.19. The zero-order valence-electron chi connectivity index (χ0n) is 22.3. The molecule has 1 aliphatic heterocycles. The maximum Gasteiger partial charge on any atom is 0.123 e. The van der Waals surface area contributed by atoms with Crippen LogP contribution in [0, 0.1) is 5.82 Å².